The van der Waals surface area contributed by atoms with Crippen LogP contribution in [0.25, 0.3) is 0 Å². The summed E-state index contributed by atoms with van der Waals surface area (Å²) in [6.07, 6.45) is -4.21. The van der Waals surface area contributed by atoms with Crippen LogP contribution in [0.15, 0.2) is 0 Å². The lowest BCUT2D eigenvalue weighted by Gasteiger charge is -2.22. The number of H-pyrrole nitrogens is 1. The van der Waals surface area contributed by atoms with Gasteiger partial charge < -0.3 is 5.32 Å². The number of hydrogen-bond acceptors (Lipinski definition) is 5. The van der Waals surface area contributed by atoms with Gasteiger partial charge in [0, 0.05) is 5.75 Å². The Morgan fingerprint density at radius 3 is 2.50 bits per heavy atom. The van der Waals surface area contributed by atoms with Crippen molar-refractivity contribution in [3.05, 3.63) is 5.82 Å². The molecule has 0 unspecified atom stereocenters. The number of carbonyl (C=O) groups is 1. The molecule has 20 heavy (non-hydrogen) atoms. The van der Waals surface area contributed by atoms with E-state index < -0.39 is 29.8 Å². The first-order valence-corrected chi connectivity index (χ1v) is 6.60. The maximum atomic E-state index is 12.7. The van der Waals surface area contributed by atoms with Crippen molar-refractivity contribution in [2.45, 2.75) is 32.5 Å². The van der Waals surface area contributed by atoms with E-state index in [2.05, 4.69) is 38.6 Å². The van der Waals surface area contributed by atoms with Crippen LogP contribution in [0.3, 0.4) is 0 Å². The highest BCUT2D eigenvalue weighted by Crippen LogP contribution is 2.28. The third kappa shape index (κ3) is 4.66. The number of aromatic nitrogens is 4. The quantitative estimate of drug-likeness (QED) is 0.695. The lowest BCUT2D eigenvalue weighted by Crippen LogP contribution is -2.42. The van der Waals surface area contributed by atoms with Crippen molar-refractivity contribution in [2.24, 2.45) is 11.8 Å². The summed E-state index contributed by atoms with van der Waals surface area (Å²) in [5.74, 6) is -3.53. The molecule has 0 saturated carbocycles. The highest BCUT2D eigenvalue weighted by molar-refractivity contribution is 7.80. The molecule has 0 bridgehead atoms. The topological polar surface area (TPSA) is 83.6 Å². The third-order valence-corrected chi connectivity index (χ3v) is 2.97. The van der Waals surface area contributed by atoms with Crippen molar-refractivity contribution in [3.8, 4) is 0 Å². The fourth-order valence-electron chi connectivity index (χ4n) is 1.63. The minimum absolute atomic E-state index is 0.144. The van der Waals surface area contributed by atoms with E-state index >= 15 is 0 Å². The first kappa shape index (κ1) is 16.7. The molecule has 6 nitrogen and oxygen atoms in total. The van der Waals surface area contributed by atoms with Crippen LogP contribution in [0, 0.1) is 11.8 Å². The minimum Gasteiger partial charge on any atom is -0.345 e. The molecule has 114 valence electrons. The molecular formula is C10H16F3N5OS. The van der Waals surface area contributed by atoms with Gasteiger partial charge in [-0.3, -0.25) is 4.79 Å². The van der Waals surface area contributed by atoms with Gasteiger partial charge in [-0.25, -0.2) is 5.10 Å². The van der Waals surface area contributed by atoms with E-state index in [0.29, 0.717) is 6.42 Å². The summed E-state index contributed by atoms with van der Waals surface area (Å²) >= 11 is 3.59. The lowest BCUT2D eigenvalue weighted by atomic mass is 10.0. The molecule has 1 amide bonds. The van der Waals surface area contributed by atoms with Gasteiger partial charge in [0.25, 0.3) is 0 Å². The highest BCUT2D eigenvalue weighted by atomic mass is 32.1. The molecule has 2 atom stereocenters. The number of hydrogen-bond donors (Lipinski definition) is 3. The van der Waals surface area contributed by atoms with E-state index in [4.69, 9.17) is 0 Å². The number of nitrogens with zero attached hydrogens (tertiary/aromatic N) is 3. The van der Waals surface area contributed by atoms with Gasteiger partial charge in [-0.15, -0.1) is 5.10 Å². The molecule has 0 aliphatic rings. The van der Waals surface area contributed by atoms with Crippen LogP contribution in [0.4, 0.5) is 13.2 Å². The van der Waals surface area contributed by atoms with Crippen molar-refractivity contribution in [1.29, 1.82) is 0 Å². The van der Waals surface area contributed by atoms with Crippen LogP contribution in [0.5, 0.6) is 0 Å². The normalized spacial score (nSPS) is 15.2. The Morgan fingerprint density at radius 2 is 2.10 bits per heavy atom. The Hall–Kier alpha value is -1.32. The second kappa shape index (κ2) is 6.91. The summed E-state index contributed by atoms with van der Waals surface area (Å²) in [5, 5.41) is 15.1. The van der Waals surface area contributed by atoms with E-state index in [-0.39, 0.29) is 11.7 Å². The molecule has 0 aliphatic heterocycles. The maximum absolute atomic E-state index is 12.7. The molecule has 0 spiro atoms. The number of rotatable bonds is 6. The summed E-state index contributed by atoms with van der Waals surface area (Å²) in [6.45, 7) is 3.76. The van der Waals surface area contributed by atoms with Crippen LogP contribution in [-0.2, 0) is 4.79 Å². The average Bonchev–Trinajstić information content (AvgIpc) is 2.79. The summed E-state index contributed by atoms with van der Waals surface area (Å²) in [4.78, 5) is 11.7. The highest BCUT2D eigenvalue weighted by Gasteiger charge is 2.44. The maximum Gasteiger partial charge on any atom is 0.401 e. The Bertz CT molecular complexity index is 423. The van der Waals surface area contributed by atoms with Crippen LogP contribution in [0.1, 0.15) is 32.1 Å². The van der Waals surface area contributed by atoms with Gasteiger partial charge in [-0.2, -0.15) is 25.8 Å². The first-order valence-electron chi connectivity index (χ1n) is 5.97. The predicted octanol–water partition coefficient (Wildman–Crippen LogP) is 1.51. The lowest BCUT2D eigenvalue weighted by molar-refractivity contribution is -0.178. The molecule has 1 aromatic heterocycles. The second-order valence-electron chi connectivity index (χ2n) is 4.75. The number of tetrazole rings is 1. The number of alkyl halides is 3. The smallest absolute Gasteiger partial charge is 0.345 e. The molecule has 0 aliphatic carbocycles. The Labute approximate surface area is 119 Å². The van der Waals surface area contributed by atoms with Crippen LogP contribution in [0.2, 0.25) is 0 Å². The van der Waals surface area contributed by atoms with E-state index in [1.165, 1.54) is 0 Å². The molecule has 1 heterocycles. The zero-order valence-corrected chi connectivity index (χ0v) is 11.9. The van der Waals surface area contributed by atoms with Gasteiger partial charge in [0.1, 0.15) is 5.92 Å². The van der Waals surface area contributed by atoms with Crippen LogP contribution >= 0.6 is 12.6 Å². The van der Waals surface area contributed by atoms with E-state index in [0.717, 1.165) is 0 Å². The van der Waals surface area contributed by atoms with Gasteiger partial charge in [-0.1, -0.05) is 13.8 Å². The summed E-state index contributed by atoms with van der Waals surface area (Å²) in [5.41, 5.74) is 0. The van der Waals surface area contributed by atoms with Gasteiger partial charge in [0.05, 0.1) is 6.04 Å². The average molecular weight is 311 g/mol. The molecule has 0 fully saturated rings. The zero-order valence-electron chi connectivity index (χ0n) is 11.0. The van der Waals surface area contributed by atoms with Crippen LogP contribution in [-0.4, -0.2) is 38.5 Å². The molecule has 1 rings (SSSR count). The van der Waals surface area contributed by atoms with E-state index in [9.17, 15) is 18.0 Å². The number of carbonyl (C=O) groups excluding carboxylic acids is 1. The summed E-state index contributed by atoms with van der Waals surface area (Å²) in [7, 11) is 0. The monoisotopic (exact) mass is 311 g/mol. The molecule has 0 aromatic carbocycles. The van der Waals surface area contributed by atoms with Crippen molar-refractivity contribution < 1.29 is 18.0 Å². The number of nitrogens with one attached hydrogen (secondary N) is 2. The molecule has 10 heteroatoms. The minimum atomic E-state index is -4.63. The van der Waals surface area contributed by atoms with Crippen molar-refractivity contribution in [1.82, 2.24) is 25.9 Å². The molecule has 2 N–H and O–H groups in total. The number of thiol groups is 1. The van der Waals surface area contributed by atoms with E-state index in [1.807, 2.05) is 13.8 Å². The summed E-state index contributed by atoms with van der Waals surface area (Å²) < 4.78 is 38.0. The second-order valence-corrected chi connectivity index (χ2v) is 5.12. The fraction of sp³-hybridized carbons (Fsp3) is 0.800. The van der Waals surface area contributed by atoms with Crippen LogP contribution < -0.4 is 5.32 Å². The van der Waals surface area contributed by atoms with Crippen molar-refractivity contribution in [2.75, 3.05) is 5.75 Å². The van der Waals surface area contributed by atoms with E-state index in [1.54, 1.807) is 0 Å². The largest absolute Gasteiger partial charge is 0.401 e. The number of amides is 1. The molecule has 0 saturated heterocycles. The predicted molar refractivity (Wildman–Crippen MR) is 67.9 cm³/mol. The van der Waals surface area contributed by atoms with Gasteiger partial charge in [-0.05, 0) is 22.8 Å². The number of aromatic amines is 1. The molecular weight excluding hydrogens is 295 g/mol. The molecule has 0 radical (unpaired) electrons. The fourth-order valence-corrected chi connectivity index (χ4v) is 2.00. The zero-order chi connectivity index (χ0) is 15.3. The standard InChI is InChI=1S/C10H16F3N5OS/c1-5(2)3-7(8-15-17-18-16-8)14-9(19)6(4-20)10(11,12)13/h5-7,20H,3-4H2,1-2H3,(H,14,19)(H,15,16,17,18)/t6-,7-/m0/s1. The van der Waals surface area contributed by atoms with Gasteiger partial charge in [0.2, 0.25) is 5.91 Å². The summed E-state index contributed by atoms with van der Waals surface area (Å²) in [6, 6.07) is -0.692. The molecule has 1 aromatic rings. The Kier molecular flexibility index (Phi) is 5.78. The van der Waals surface area contributed by atoms with Crippen molar-refractivity contribution in [3.63, 3.8) is 0 Å². The Balaban J connectivity index is 2.82. The SMILES string of the molecule is CC(C)C[C@H](NC(=O)[C@H](CS)C(F)(F)F)c1nnn[nH]1. The van der Waals surface area contributed by atoms with Crippen molar-refractivity contribution >= 4 is 18.5 Å². The first-order chi connectivity index (χ1) is 9.25. The van der Waals surface area contributed by atoms with Gasteiger partial charge in [0.15, 0.2) is 5.82 Å². The number of halogens is 3. The van der Waals surface area contributed by atoms with Gasteiger partial charge >= 0.3 is 6.18 Å². The third-order valence-electron chi connectivity index (χ3n) is 2.61. The Morgan fingerprint density at radius 1 is 1.45 bits per heavy atom.